The van der Waals surface area contributed by atoms with Crippen molar-refractivity contribution < 1.29 is 9.53 Å². The van der Waals surface area contributed by atoms with E-state index < -0.39 is 0 Å². The van der Waals surface area contributed by atoms with Gasteiger partial charge in [-0.1, -0.05) is 0 Å². The highest BCUT2D eigenvalue weighted by molar-refractivity contribution is 5.94. The van der Waals surface area contributed by atoms with Gasteiger partial charge in [0, 0.05) is 37.6 Å². The average Bonchev–Trinajstić information content (AvgIpc) is 3.15. The number of carbonyl (C=O) groups is 1. The van der Waals surface area contributed by atoms with Crippen LogP contribution >= 0.6 is 0 Å². The van der Waals surface area contributed by atoms with Gasteiger partial charge in [0.15, 0.2) is 0 Å². The standard InChI is InChI=1S/C15H18N4O2/c1-18-10-12(9-17-18)13-4-3-7-19(13)15(20)11-5-6-14(21-2)16-8-11/h5-6,8-10,13H,3-4,7H2,1-2H3. The number of nitrogens with zero attached hydrogens (tertiary/aromatic N) is 4. The Morgan fingerprint density at radius 2 is 2.24 bits per heavy atom. The van der Waals surface area contributed by atoms with Gasteiger partial charge in [0.05, 0.1) is 24.9 Å². The van der Waals surface area contributed by atoms with Crippen LogP contribution in [-0.2, 0) is 7.05 Å². The summed E-state index contributed by atoms with van der Waals surface area (Å²) >= 11 is 0. The van der Waals surface area contributed by atoms with Gasteiger partial charge in [0.2, 0.25) is 5.88 Å². The molecule has 6 heteroatoms. The first-order valence-corrected chi connectivity index (χ1v) is 6.98. The summed E-state index contributed by atoms with van der Waals surface area (Å²) in [5.74, 6) is 0.522. The summed E-state index contributed by atoms with van der Waals surface area (Å²) in [6, 6.07) is 3.57. The van der Waals surface area contributed by atoms with Crippen LogP contribution in [0, 0.1) is 0 Å². The molecule has 0 aromatic carbocycles. The minimum Gasteiger partial charge on any atom is -0.481 e. The van der Waals surface area contributed by atoms with E-state index in [1.165, 1.54) is 0 Å². The lowest BCUT2D eigenvalue weighted by atomic mass is 10.1. The van der Waals surface area contributed by atoms with E-state index in [2.05, 4.69) is 10.1 Å². The Labute approximate surface area is 123 Å². The highest BCUT2D eigenvalue weighted by Gasteiger charge is 2.31. The number of rotatable bonds is 3. The molecule has 1 aliphatic rings. The Bertz CT molecular complexity index is 635. The number of methoxy groups -OCH3 is 1. The molecule has 2 aromatic rings. The summed E-state index contributed by atoms with van der Waals surface area (Å²) in [6.45, 7) is 0.768. The molecule has 0 spiro atoms. The highest BCUT2D eigenvalue weighted by atomic mass is 16.5. The normalized spacial score (nSPS) is 18.0. The van der Waals surface area contributed by atoms with Gasteiger partial charge >= 0.3 is 0 Å². The van der Waals surface area contributed by atoms with Crippen LogP contribution in [-0.4, -0.2) is 39.2 Å². The molecule has 6 nitrogen and oxygen atoms in total. The largest absolute Gasteiger partial charge is 0.481 e. The van der Waals surface area contributed by atoms with Crippen molar-refractivity contribution in [2.24, 2.45) is 7.05 Å². The first-order chi connectivity index (χ1) is 10.2. The predicted octanol–water partition coefficient (Wildman–Crippen LogP) is 1.80. The molecule has 0 bridgehead atoms. The van der Waals surface area contributed by atoms with Gasteiger partial charge in [-0.05, 0) is 18.9 Å². The van der Waals surface area contributed by atoms with Crippen LogP contribution in [0.15, 0.2) is 30.7 Å². The number of aromatic nitrogens is 3. The summed E-state index contributed by atoms with van der Waals surface area (Å²) in [6.07, 6.45) is 7.36. The van der Waals surface area contributed by atoms with Crippen molar-refractivity contribution in [3.63, 3.8) is 0 Å². The van der Waals surface area contributed by atoms with Gasteiger partial charge in [-0.2, -0.15) is 5.10 Å². The van der Waals surface area contributed by atoms with Gasteiger partial charge in [-0.3, -0.25) is 9.48 Å². The zero-order valence-electron chi connectivity index (χ0n) is 12.2. The smallest absolute Gasteiger partial charge is 0.255 e. The van der Waals surface area contributed by atoms with E-state index in [-0.39, 0.29) is 11.9 Å². The number of aryl methyl sites for hydroxylation is 1. The number of hydrogen-bond acceptors (Lipinski definition) is 4. The first-order valence-electron chi connectivity index (χ1n) is 6.98. The molecule has 1 atom stereocenters. The SMILES string of the molecule is COc1ccc(C(=O)N2CCCC2c2cnn(C)c2)cn1. The number of amides is 1. The lowest BCUT2D eigenvalue weighted by Gasteiger charge is -2.23. The van der Waals surface area contributed by atoms with Gasteiger partial charge in [0.1, 0.15) is 0 Å². The summed E-state index contributed by atoms with van der Waals surface area (Å²) < 4.78 is 6.79. The van der Waals surface area contributed by atoms with Crippen LogP contribution in [0.2, 0.25) is 0 Å². The minimum absolute atomic E-state index is 0.0107. The number of likely N-dealkylation sites (tertiary alicyclic amines) is 1. The number of hydrogen-bond donors (Lipinski definition) is 0. The Kier molecular flexibility index (Phi) is 3.60. The summed E-state index contributed by atoms with van der Waals surface area (Å²) in [7, 11) is 3.45. The molecule has 21 heavy (non-hydrogen) atoms. The third-order valence-corrected chi connectivity index (χ3v) is 3.82. The molecule has 0 radical (unpaired) electrons. The Morgan fingerprint density at radius 1 is 1.38 bits per heavy atom. The predicted molar refractivity (Wildman–Crippen MR) is 77.0 cm³/mol. The van der Waals surface area contributed by atoms with Crippen LogP contribution in [0.3, 0.4) is 0 Å². The maximum Gasteiger partial charge on any atom is 0.255 e. The fourth-order valence-corrected chi connectivity index (χ4v) is 2.76. The fourth-order valence-electron chi connectivity index (χ4n) is 2.76. The molecule has 0 N–H and O–H groups in total. The molecule has 1 unspecified atom stereocenters. The average molecular weight is 286 g/mol. The molecule has 1 aliphatic heterocycles. The highest BCUT2D eigenvalue weighted by Crippen LogP contribution is 2.32. The van der Waals surface area contributed by atoms with Crippen molar-refractivity contribution in [3.8, 4) is 5.88 Å². The van der Waals surface area contributed by atoms with Crippen molar-refractivity contribution in [1.82, 2.24) is 19.7 Å². The summed E-state index contributed by atoms with van der Waals surface area (Å²) in [5, 5.41) is 4.20. The van der Waals surface area contributed by atoms with E-state index >= 15 is 0 Å². The van der Waals surface area contributed by atoms with Gasteiger partial charge in [0.25, 0.3) is 5.91 Å². The molecular weight excluding hydrogens is 268 g/mol. The second-order valence-electron chi connectivity index (χ2n) is 5.19. The molecule has 2 aromatic heterocycles. The molecule has 1 amide bonds. The monoisotopic (exact) mass is 286 g/mol. The molecule has 0 saturated carbocycles. The van der Waals surface area contributed by atoms with Crippen LogP contribution < -0.4 is 4.74 Å². The molecule has 0 aliphatic carbocycles. The van der Waals surface area contributed by atoms with E-state index in [0.29, 0.717) is 11.4 Å². The molecule has 1 saturated heterocycles. The van der Waals surface area contributed by atoms with Crippen LogP contribution in [0.4, 0.5) is 0 Å². The van der Waals surface area contributed by atoms with Crippen LogP contribution in [0.25, 0.3) is 0 Å². The van der Waals surface area contributed by atoms with Crippen molar-refractivity contribution in [1.29, 1.82) is 0 Å². The summed E-state index contributed by atoms with van der Waals surface area (Å²) in [4.78, 5) is 18.7. The Balaban J connectivity index is 1.82. The van der Waals surface area contributed by atoms with E-state index in [0.717, 1.165) is 24.9 Å². The minimum atomic E-state index is 0.0107. The molecule has 3 heterocycles. The number of carbonyl (C=O) groups excluding carboxylic acids is 1. The maximum atomic E-state index is 12.7. The number of pyridine rings is 1. The molecule has 3 rings (SSSR count). The van der Waals surface area contributed by atoms with Gasteiger partial charge in [-0.25, -0.2) is 4.98 Å². The molecule has 110 valence electrons. The van der Waals surface area contributed by atoms with E-state index in [1.807, 2.05) is 24.3 Å². The fraction of sp³-hybridized carbons (Fsp3) is 0.400. The van der Waals surface area contributed by atoms with Crippen molar-refractivity contribution in [2.75, 3.05) is 13.7 Å². The summed E-state index contributed by atoms with van der Waals surface area (Å²) in [5.41, 5.74) is 1.68. The van der Waals surface area contributed by atoms with Crippen LogP contribution in [0.1, 0.15) is 34.8 Å². The van der Waals surface area contributed by atoms with Crippen molar-refractivity contribution in [3.05, 3.63) is 41.9 Å². The lowest BCUT2D eigenvalue weighted by molar-refractivity contribution is 0.0735. The van der Waals surface area contributed by atoms with Crippen LogP contribution in [0.5, 0.6) is 5.88 Å². The zero-order chi connectivity index (χ0) is 14.8. The zero-order valence-corrected chi connectivity index (χ0v) is 12.2. The van der Waals surface area contributed by atoms with Gasteiger partial charge in [-0.15, -0.1) is 0 Å². The maximum absolute atomic E-state index is 12.7. The third-order valence-electron chi connectivity index (χ3n) is 3.82. The van der Waals surface area contributed by atoms with E-state index in [1.54, 1.807) is 30.1 Å². The third kappa shape index (κ3) is 2.61. The van der Waals surface area contributed by atoms with Gasteiger partial charge < -0.3 is 9.64 Å². The number of ether oxygens (including phenoxy) is 1. The first kappa shape index (κ1) is 13.6. The van der Waals surface area contributed by atoms with Crippen molar-refractivity contribution >= 4 is 5.91 Å². The lowest BCUT2D eigenvalue weighted by Crippen LogP contribution is -2.30. The van der Waals surface area contributed by atoms with E-state index in [4.69, 9.17) is 4.74 Å². The topological polar surface area (TPSA) is 60.2 Å². The van der Waals surface area contributed by atoms with E-state index in [9.17, 15) is 4.79 Å². The second-order valence-corrected chi connectivity index (χ2v) is 5.19. The molecular formula is C15H18N4O2. The Hall–Kier alpha value is -2.37. The molecule has 1 fully saturated rings. The van der Waals surface area contributed by atoms with Crippen molar-refractivity contribution in [2.45, 2.75) is 18.9 Å². The Morgan fingerprint density at radius 3 is 2.86 bits per heavy atom. The quantitative estimate of drug-likeness (QED) is 0.863. The second kappa shape index (κ2) is 5.55.